The third-order valence-electron chi connectivity index (χ3n) is 4.00. The fourth-order valence-corrected chi connectivity index (χ4v) is 3.37. The van der Waals surface area contributed by atoms with Crippen molar-refractivity contribution in [2.24, 2.45) is 5.92 Å². The Bertz CT molecular complexity index is 571. The fraction of sp³-hybridized carbons (Fsp3) is 0.500. The van der Waals surface area contributed by atoms with Crippen molar-refractivity contribution in [1.82, 2.24) is 5.32 Å². The molecule has 3 aliphatic rings. The number of ether oxygens (including phenoxy) is 1. The Morgan fingerprint density at radius 3 is 2.57 bits per heavy atom. The normalized spacial score (nSPS) is 26.6. The van der Waals surface area contributed by atoms with Crippen LogP contribution in [0.15, 0.2) is 18.2 Å². The number of hydrogen-bond donors (Lipinski definition) is 1. The lowest BCUT2D eigenvalue weighted by Crippen LogP contribution is -2.68. The van der Waals surface area contributed by atoms with Crippen LogP contribution < -0.4 is 10.1 Å². The average Bonchev–Trinajstić information content (AvgIpc) is 2.28. The zero-order valence-corrected chi connectivity index (χ0v) is 13.1. The van der Waals surface area contributed by atoms with E-state index in [9.17, 15) is 18.0 Å². The molecule has 3 fully saturated rings. The predicted molar refractivity (Wildman–Crippen MR) is 78.2 cm³/mol. The molecule has 0 aliphatic heterocycles. The van der Waals surface area contributed by atoms with Crippen molar-refractivity contribution in [1.29, 1.82) is 0 Å². The summed E-state index contributed by atoms with van der Waals surface area (Å²) in [5.41, 5.74) is 0.0378. The molecular weight excluding hydrogens is 398 g/mol. The van der Waals surface area contributed by atoms with E-state index in [1.165, 1.54) is 12.1 Å². The second-order valence-electron chi connectivity index (χ2n) is 5.76. The van der Waals surface area contributed by atoms with Crippen LogP contribution in [0.4, 0.5) is 13.2 Å². The number of halogens is 4. The second-order valence-corrected chi connectivity index (χ2v) is 7.00. The lowest BCUT2D eigenvalue weighted by molar-refractivity contribution is -0.153. The minimum absolute atomic E-state index is 0.0247. The summed E-state index contributed by atoms with van der Waals surface area (Å²) >= 11 is 1.97. The van der Waals surface area contributed by atoms with E-state index >= 15 is 0 Å². The Morgan fingerprint density at radius 2 is 2.05 bits per heavy atom. The maximum Gasteiger partial charge on any atom is 0.422 e. The van der Waals surface area contributed by atoms with Gasteiger partial charge in [-0.3, -0.25) is 4.79 Å². The van der Waals surface area contributed by atoms with Gasteiger partial charge in [0, 0.05) is 9.11 Å². The number of nitrogens with one attached hydrogen (secondary N) is 1. The van der Waals surface area contributed by atoms with E-state index < -0.39 is 12.8 Å². The first-order valence-electron chi connectivity index (χ1n) is 6.58. The lowest BCUT2D eigenvalue weighted by atomic mass is 9.50. The summed E-state index contributed by atoms with van der Waals surface area (Å²) in [4.78, 5) is 12.3. The van der Waals surface area contributed by atoms with Crippen LogP contribution in [-0.2, 0) is 0 Å². The molecule has 114 valence electrons. The van der Waals surface area contributed by atoms with Gasteiger partial charge in [-0.1, -0.05) is 0 Å². The van der Waals surface area contributed by atoms with E-state index in [0.717, 1.165) is 19.3 Å². The molecule has 7 heteroatoms. The molecule has 0 radical (unpaired) electrons. The summed E-state index contributed by atoms with van der Waals surface area (Å²) in [7, 11) is 0. The molecular formula is C14H13F3INO2. The summed E-state index contributed by atoms with van der Waals surface area (Å²) in [6.07, 6.45) is -1.51. The lowest BCUT2D eigenvalue weighted by Gasteiger charge is -2.61. The maximum absolute atomic E-state index is 12.3. The number of hydrogen-bond acceptors (Lipinski definition) is 2. The predicted octanol–water partition coefficient (Wildman–Crippen LogP) is 3.51. The zero-order chi connectivity index (χ0) is 15.3. The van der Waals surface area contributed by atoms with Crippen molar-refractivity contribution < 1.29 is 22.7 Å². The molecule has 2 bridgehead atoms. The maximum atomic E-state index is 12.3. The molecule has 3 nitrogen and oxygen atoms in total. The summed E-state index contributed by atoms with van der Waals surface area (Å²) in [5, 5.41) is 2.93. The van der Waals surface area contributed by atoms with Gasteiger partial charge in [0.05, 0.1) is 5.56 Å². The topological polar surface area (TPSA) is 38.3 Å². The van der Waals surface area contributed by atoms with Crippen LogP contribution in [0.3, 0.4) is 0 Å². The van der Waals surface area contributed by atoms with Crippen LogP contribution in [0.2, 0.25) is 0 Å². The number of benzene rings is 1. The number of rotatable bonds is 4. The summed E-state index contributed by atoms with van der Waals surface area (Å²) in [6.45, 7) is -1.40. The molecule has 1 aromatic rings. The van der Waals surface area contributed by atoms with Crippen LogP contribution in [0.1, 0.15) is 29.6 Å². The van der Waals surface area contributed by atoms with Gasteiger partial charge in [0.25, 0.3) is 5.91 Å². The first-order chi connectivity index (χ1) is 9.76. The van der Waals surface area contributed by atoms with Crippen molar-refractivity contribution in [3.63, 3.8) is 0 Å². The van der Waals surface area contributed by atoms with Crippen LogP contribution in [0.5, 0.6) is 5.75 Å². The highest BCUT2D eigenvalue weighted by Gasteiger charge is 2.57. The van der Waals surface area contributed by atoms with E-state index in [1.54, 1.807) is 6.07 Å². The first-order valence-corrected chi connectivity index (χ1v) is 7.66. The monoisotopic (exact) mass is 411 g/mol. The average molecular weight is 411 g/mol. The van der Waals surface area contributed by atoms with E-state index in [2.05, 4.69) is 5.32 Å². The van der Waals surface area contributed by atoms with E-state index in [4.69, 9.17) is 4.74 Å². The standard InChI is InChI=1S/C14H13F3INO2/c15-14(16,17)7-21-11-3-9(18)1-2-10(11)12(20)19-13-4-8(5-13)6-13/h1-3,8H,4-7H2,(H,19,20). The summed E-state index contributed by atoms with van der Waals surface area (Å²) < 4.78 is 42.4. The molecule has 0 aromatic heterocycles. The van der Waals surface area contributed by atoms with Gasteiger partial charge in [-0.2, -0.15) is 13.2 Å². The molecule has 1 N–H and O–H groups in total. The minimum Gasteiger partial charge on any atom is -0.483 e. The fourth-order valence-electron chi connectivity index (χ4n) is 2.90. The first kappa shape index (κ1) is 14.9. The molecule has 0 atom stereocenters. The highest BCUT2D eigenvalue weighted by Crippen LogP contribution is 2.57. The Balaban J connectivity index is 1.74. The Labute approximate surface area is 133 Å². The molecule has 0 unspecified atom stereocenters. The molecule has 0 spiro atoms. The van der Waals surface area contributed by atoms with Crippen LogP contribution in [0, 0.1) is 9.49 Å². The van der Waals surface area contributed by atoms with Crippen LogP contribution in [0.25, 0.3) is 0 Å². The highest BCUT2D eigenvalue weighted by atomic mass is 127. The Hall–Kier alpha value is -0.990. The molecule has 0 heterocycles. The van der Waals surface area contributed by atoms with E-state index in [1.807, 2.05) is 22.6 Å². The van der Waals surface area contributed by atoms with Gasteiger partial charge in [-0.25, -0.2) is 0 Å². The molecule has 0 saturated heterocycles. The Kier molecular flexibility index (Phi) is 3.58. The van der Waals surface area contributed by atoms with Gasteiger partial charge in [-0.15, -0.1) is 0 Å². The van der Waals surface area contributed by atoms with Gasteiger partial charge in [0.1, 0.15) is 5.75 Å². The highest BCUT2D eigenvalue weighted by molar-refractivity contribution is 14.1. The second kappa shape index (κ2) is 5.03. The van der Waals surface area contributed by atoms with Crippen molar-refractivity contribution in [3.8, 4) is 5.75 Å². The summed E-state index contributed by atoms with van der Waals surface area (Å²) in [5.74, 6) is 0.327. The molecule has 3 aliphatic carbocycles. The van der Waals surface area contributed by atoms with Gasteiger partial charge in [0.15, 0.2) is 6.61 Å². The molecule has 1 amide bonds. The zero-order valence-electron chi connectivity index (χ0n) is 11.0. The van der Waals surface area contributed by atoms with Gasteiger partial charge in [-0.05, 0) is 66.0 Å². The molecule has 1 aromatic carbocycles. The quantitative estimate of drug-likeness (QED) is 0.771. The van der Waals surface area contributed by atoms with Gasteiger partial charge < -0.3 is 10.1 Å². The van der Waals surface area contributed by atoms with Gasteiger partial charge in [0.2, 0.25) is 0 Å². The van der Waals surface area contributed by atoms with Gasteiger partial charge >= 0.3 is 6.18 Å². The van der Waals surface area contributed by atoms with Crippen molar-refractivity contribution in [2.75, 3.05) is 6.61 Å². The van der Waals surface area contributed by atoms with Crippen molar-refractivity contribution in [3.05, 3.63) is 27.3 Å². The number of carbonyl (C=O) groups is 1. The van der Waals surface area contributed by atoms with E-state index in [0.29, 0.717) is 9.49 Å². The summed E-state index contributed by atoms with van der Waals surface area (Å²) in [6, 6.07) is 4.63. The van der Waals surface area contributed by atoms with Crippen LogP contribution >= 0.6 is 22.6 Å². The number of carbonyl (C=O) groups excluding carboxylic acids is 1. The Morgan fingerprint density at radius 1 is 1.38 bits per heavy atom. The number of amides is 1. The molecule has 4 rings (SSSR count). The number of alkyl halides is 3. The van der Waals surface area contributed by atoms with Crippen molar-refractivity contribution >= 4 is 28.5 Å². The van der Waals surface area contributed by atoms with E-state index in [-0.39, 0.29) is 22.8 Å². The third-order valence-corrected chi connectivity index (χ3v) is 4.67. The molecule has 21 heavy (non-hydrogen) atoms. The van der Waals surface area contributed by atoms with Crippen molar-refractivity contribution in [2.45, 2.75) is 31.0 Å². The third kappa shape index (κ3) is 3.12. The molecule has 3 saturated carbocycles. The SMILES string of the molecule is O=C(NC12CC(C1)C2)c1ccc(I)cc1OCC(F)(F)F. The minimum atomic E-state index is -4.43. The smallest absolute Gasteiger partial charge is 0.422 e. The largest absolute Gasteiger partial charge is 0.483 e. The van der Waals surface area contributed by atoms with Crippen LogP contribution in [-0.4, -0.2) is 24.2 Å².